The van der Waals surface area contributed by atoms with E-state index in [1.165, 1.54) is 11.5 Å². The standard InChI is InChI=1S/C15H21N3S2/c1-12-14-4-3-5-15(18-14)13(2)17-7-9-20-11-10-19-8-6-16-12/h3-5H,6-11H2,1-2H3. The monoisotopic (exact) mass is 307 g/mol. The van der Waals surface area contributed by atoms with Crippen LogP contribution in [0.3, 0.4) is 0 Å². The van der Waals surface area contributed by atoms with E-state index in [1.54, 1.807) is 0 Å². The summed E-state index contributed by atoms with van der Waals surface area (Å²) in [6.45, 7) is 5.83. The van der Waals surface area contributed by atoms with E-state index in [0.717, 1.165) is 47.4 Å². The largest absolute Gasteiger partial charge is 0.287 e. The Morgan fingerprint density at radius 3 is 1.80 bits per heavy atom. The fourth-order valence-corrected chi connectivity index (χ4v) is 3.67. The second kappa shape index (κ2) is 8.47. The van der Waals surface area contributed by atoms with Gasteiger partial charge in [-0.2, -0.15) is 23.5 Å². The van der Waals surface area contributed by atoms with E-state index in [-0.39, 0.29) is 0 Å². The van der Waals surface area contributed by atoms with Crippen molar-refractivity contribution in [1.82, 2.24) is 4.98 Å². The van der Waals surface area contributed by atoms with E-state index < -0.39 is 0 Å². The van der Waals surface area contributed by atoms with Gasteiger partial charge in [0.1, 0.15) is 0 Å². The molecule has 0 N–H and O–H groups in total. The van der Waals surface area contributed by atoms with Crippen molar-refractivity contribution in [2.45, 2.75) is 13.8 Å². The van der Waals surface area contributed by atoms with E-state index in [4.69, 9.17) is 0 Å². The van der Waals surface area contributed by atoms with Crippen LogP contribution >= 0.6 is 23.5 Å². The lowest BCUT2D eigenvalue weighted by molar-refractivity contribution is 1.12. The number of hydrogen-bond acceptors (Lipinski definition) is 5. The first kappa shape index (κ1) is 15.6. The summed E-state index contributed by atoms with van der Waals surface area (Å²) in [5.74, 6) is 4.59. The zero-order valence-corrected chi connectivity index (χ0v) is 13.8. The molecule has 0 amide bonds. The van der Waals surface area contributed by atoms with Gasteiger partial charge in [0, 0.05) is 36.1 Å². The highest BCUT2D eigenvalue weighted by atomic mass is 32.2. The number of aliphatic imine (C=N–C) groups is 2. The number of nitrogens with zero attached hydrogens (tertiary/aromatic N) is 3. The Morgan fingerprint density at radius 2 is 1.30 bits per heavy atom. The van der Waals surface area contributed by atoms with Crippen LogP contribution in [0.5, 0.6) is 0 Å². The van der Waals surface area contributed by atoms with Crippen molar-refractivity contribution in [2.24, 2.45) is 9.98 Å². The highest BCUT2D eigenvalue weighted by Crippen LogP contribution is 2.09. The van der Waals surface area contributed by atoms with Gasteiger partial charge in [-0.1, -0.05) is 6.07 Å². The maximum Gasteiger partial charge on any atom is 0.0845 e. The van der Waals surface area contributed by atoms with E-state index >= 15 is 0 Å². The number of thioether (sulfide) groups is 2. The third-order valence-corrected chi connectivity index (χ3v) is 5.22. The first-order chi connectivity index (χ1) is 9.77. The minimum atomic E-state index is 0.875. The maximum absolute atomic E-state index is 4.67. The molecule has 2 rings (SSSR count). The van der Waals surface area contributed by atoms with Crippen molar-refractivity contribution in [3.63, 3.8) is 0 Å². The molecular formula is C15H21N3S2. The minimum absolute atomic E-state index is 0.875. The summed E-state index contributed by atoms with van der Waals surface area (Å²) >= 11 is 3.96. The van der Waals surface area contributed by atoms with E-state index in [0.29, 0.717) is 0 Å². The molecule has 2 bridgehead atoms. The zero-order chi connectivity index (χ0) is 14.2. The summed E-state index contributed by atoms with van der Waals surface area (Å²) in [7, 11) is 0. The summed E-state index contributed by atoms with van der Waals surface area (Å²) in [6, 6.07) is 6.09. The van der Waals surface area contributed by atoms with E-state index in [1.807, 2.05) is 55.6 Å². The van der Waals surface area contributed by atoms with Crippen molar-refractivity contribution < 1.29 is 0 Å². The Balaban J connectivity index is 2.20. The van der Waals surface area contributed by atoms with Gasteiger partial charge < -0.3 is 0 Å². The van der Waals surface area contributed by atoms with Crippen LogP contribution in [-0.4, -0.2) is 52.5 Å². The van der Waals surface area contributed by atoms with Crippen LogP contribution in [0.25, 0.3) is 0 Å². The molecule has 0 unspecified atom stereocenters. The van der Waals surface area contributed by atoms with Crippen molar-refractivity contribution in [3.8, 4) is 0 Å². The summed E-state index contributed by atoms with van der Waals surface area (Å²) in [5, 5.41) is 0. The maximum atomic E-state index is 4.67. The summed E-state index contributed by atoms with van der Waals surface area (Å²) < 4.78 is 0. The van der Waals surface area contributed by atoms with E-state index in [9.17, 15) is 0 Å². The van der Waals surface area contributed by atoms with Gasteiger partial charge in [-0.25, -0.2) is 4.98 Å². The lowest BCUT2D eigenvalue weighted by atomic mass is 10.2. The molecule has 1 aromatic rings. The van der Waals surface area contributed by atoms with Crippen molar-refractivity contribution in [3.05, 3.63) is 29.6 Å². The quantitative estimate of drug-likeness (QED) is 0.739. The lowest BCUT2D eigenvalue weighted by Gasteiger charge is -2.04. The highest BCUT2D eigenvalue weighted by Gasteiger charge is 2.04. The van der Waals surface area contributed by atoms with Gasteiger partial charge in [0.15, 0.2) is 0 Å². The highest BCUT2D eigenvalue weighted by molar-refractivity contribution is 8.02. The molecule has 1 aliphatic rings. The van der Waals surface area contributed by atoms with Crippen LogP contribution in [0.15, 0.2) is 28.2 Å². The molecule has 5 heteroatoms. The van der Waals surface area contributed by atoms with Gasteiger partial charge in [0.25, 0.3) is 0 Å². The molecule has 0 radical (unpaired) electrons. The SMILES string of the molecule is CC1=NCCSCCSCCN=C(C)c2cccc1n2. The van der Waals surface area contributed by atoms with Crippen LogP contribution in [-0.2, 0) is 0 Å². The van der Waals surface area contributed by atoms with Crippen LogP contribution in [0.4, 0.5) is 0 Å². The summed E-state index contributed by atoms with van der Waals surface area (Å²) in [5.41, 5.74) is 3.96. The van der Waals surface area contributed by atoms with Crippen LogP contribution in [0.1, 0.15) is 25.2 Å². The third kappa shape index (κ3) is 4.94. The van der Waals surface area contributed by atoms with Gasteiger partial charge in [-0.3, -0.25) is 9.98 Å². The predicted octanol–water partition coefficient (Wildman–Crippen LogP) is 3.18. The average Bonchev–Trinajstić information content (AvgIpc) is 2.48. The number of aromatic nitrogens is 1. The predicted molar refractivity (Wildman–Crippen MR) is 93.0 cm³/mol. The molecule has 0 spiro atoms. The number of hydrogen-bond donors (Lipinski definition) is 0. The second-order valence-corrected chi connectivity index (χ2v) is 7.02. The smallest absolute Gasteiger partial charge is 0.0845 e. The molecule has 0 aromatic carbocycles. The first-order valence-corrected chi connectivity index (χ1v) is 9.24. The Bertz CT molecular complexity index is 456. The van der Waals surface area contributed by atoms with Crippen molar-refractivity contribution >= 4 is 34.9 Å². The molecule has 0 saturated heterocycles. The Kier molecular flexibility index (Phi) is 6.60. The minimum Gasteiger partial charge on any atom is -0.287 e. The lowest BCUT2D eigenvalue weighted by Crippen LogP contribution is -2.06. The molecule has 0 aliphatic carbocycles. The van der Waals surface area contributed by atoms with Gasteiger partial charge >= 0.3 is 0 Å². The fourth-order valence-electron chi connectivity index (χ4n) is 1.88. The zero-order valence-electron chi connectivity index (χ0n) is 12.1. The van der Waals surface area contributed by atoms with Crippen LogP contribution in [0.2, 0.25) is 0 Å². The molecule has 20 heavy (non-hydrogen) atoms. The number of fused-ring (bicyclic) bond motifs is 2. The topological polar surface area (TPSA) is 37.6 Å². The molecule has 0 fully saturated rings. The van der Waals surface area contributed by atoms with Crippen LogP contribution in [0, 0.1) is 0 Å². The summed E-state index contributed by atoms with van der Waals surface area (Å²) in [4.78, 5) is 13.9. The second-order valence-electron chi connectivity index (χ2n) is 4.57. The Morgan fingerprint density at radius 1 is 0.800 bits per heavy atom. The molecule has 1 aliphatic heterocycles. The van der Waals surface area contributed by atoms with Gasteiger partial charge in [-0.05, 0) is 26.0 Å². The normalized spacial score (nSPS) is 18.5. The van der Waals surface area contributed by atoms with Crippen molar-refractivity contribution in [1.29, 1.82) is 0 Å². The van der Waals surface area contributed by atoms with E-state index in [2.05, 4.69) is 15.0 Å². The third-order valence-electron chi connectivity index (χ3n) is 3.03. The molecule has 2 heterocycles. The Hall–Kier alpha value is -0.810. The molecule has 1 aromatic heterocycles. The molecule has 108 valence electrons. The van der Waals surface area contributed by atoms with Gasteiger partial charge in [0.05, 0.1) is 22.8 Å². The van der Waals surface area contributed by atoms with Gasteiger partial charge in [0.2, 0.25) is 0 Å². The van der Waals surface area contributed by atoms with Crippen LogP contribution < -0.4 is 0 Å². The molecule has 0 saturated carbocycles. The number of pyridine rings is 1. The molecular weight excluding hydrogens is 286 g/mol. The first-order valence-electron chi connectivity index (χ1n) is 6.93. The van der Waals surface area contributed by atoms with Crippen molar-refractivity contribution in [2.75, 3.05) is 36.1 Å². The summed E-state index contributed by atoms with van der Waals surface area (Å²) in [6.07, 6.45) is 0. The van der Waals surface area contributed by atoms with Gasteiger partial charge in [-0.15, -0.1) is 0 Å². The molecule has 3 nitrogen and oxygen atoms in total. The Labute approximate surface area is 129 Å². The molecule has 0 atom stereocenters. The average molecular weight is 307 g/mol. The fraction of sp³-hybridized carbons (Fsp3) is 0.533. The number of rotatable bonds is 0.